The molecule has 0 aliphatic carbocycles. The molecule has 3 aromatic rings. The van der Waals surface area contributed by atoms with Crippen LogP contribution in [0.1, 0.15) is 15.9 Å². The normalized spacial score (nSPS) is 16.4. The van der Waals surface area contributed by atoms with Crippen LogP contribution in [-0.2, 0) is 11.2 Å². The Kier molecular flexibility index (Phi) is 6.93. The Morgan fingerprint density at radius 3 is 2.61 bits per heavy atom. The van der Waals surface area contributed by atoms with Crippen molar-refractivity contribution in [2.75, 3.05) is 26.2 Å². The predicted molar refractivity (Wildman–Crippen MR) is 126 cm³/mol. The molecule has 0 spiro atoms. The molecule has 0 radical (unpaired) electrons. The van der Waals surface area contributed by atoms with Gasteiger partial charge in [-0.1, -0.05) is 42.5 Å². The van der Waals surface area contributed by atoms with Gasteiger partial charge in [-0.05, 0) is 47.4 Å². The number of benzene rings is 2. The maximum absolute atomic E-state index is 13.7. The average Bonchev–Trinajstić information content (AvgIpc) is 2.99. The Morgan fingerprint density at radius 2 is 1.91 bits per heavy atom. The summed E-state index contributed by atoms with van der Waals surface area (Å²) in [6, 6.07) is 17.6. The number of hydrogen-bond donors (Lipinski definition) is 0. The molecule has 2 aromatic carbocycles. The first-order valence-electron chi connectivity index (χ1n) is 11.0. The minimum atomic E-state index is -0.453. The zero-order chi connectivity index (χ0) is 23.2. The van der Waals surface area contributed by atoms with Crippen molar-refractivity contribution in [2.24, 2.45) is 5.92 Å². The first-order valence-corrected chi connectivity index (χ1v) is 11.0. The van der Waals surface area contributed by atoms with Crippen LogP contribution in [-0.4, -0.2) is 52.8 Å². The monoisotopic (exact) mass is 443 g/mol. The molecule has 0 bridgehead atoms. The van der Waals surface area contributed by atoms with Gasteiger partial charge in [0, 0.05) is 44.1 Å². The van der Waals surface area contributed by atoms with E-state index in [9.17, 15) is 14.0 Å². The second kappa shape index (κ2) is 10.2. The van der Waals surface area contributed by atoms with Gasteiger partial charge in [0.05, 0.1) is 5.92 Å². The highest BCUT2D eigenvalue weighted by Crippen LogP contribution is 2.22. The van der Waals surface area contributed by atoms with E-state index >= 15 is 0 Å². The number of carbonyl (C=O) groups excluding carboxylic acids is 2. The number of pyridine rings is 1. The van der Waals surface area contributed by atoms with Crippen molar-refractivity contribution in [1.29, 1.82) is 0 Å². The zero-order valence-corrected chi connectivity index (χ0v) is 18.4. The Hall–Kier alpha value is -3.80. The van der Waals surface area contributed by atoms with E-state index < -0.39 is 11.7 Å². The highest BCUT2D eigenvalue weighted by atomic mass is 19.1. The van der Waals surface area contributed by atoms with Crippen molar-refractivity contribution in [2.45, 2.75) is 6.42 Å². The fourth-order valence-corrected chi connectivity index (χ4v) is 4.17. The largest absolute Gasteiger partial charge is 0.337 e. The minimum absolute atomic E-state index is 0.000720. The standard InChI is InChI=1S/C27H26FN3O2/c1-2-13-30-14-15-31(26(32)22-5-3-7-25(28)17-22)19-24(27(30)33)16-20-8-10-21(11-9-20)23-6-4-12-29-18-23/h2-12,17-18,24H,1,13-16,19H2/t24-/m1/s1. The number of rotatable bonds is 6. The summed E-state index contributed by atoms with van der Waals surface area (Å²) in [6.45, 7) is 5.28. The summed E-state index contributed by atoms with van der Waals surface area (Å²) in [6.07, 6.45) is 5.75. The molecular weight excluding hydrogens is 417 g/mol. The fraction of sp³-hybridized carbons (Fsp3) is 0.222. The average molecular weight is 444 g/mol. The summed E-state index contributed by atoms with van der Waals surface area (Å²) < 4.78 is 13.7. The molecule has 6 heteroatoms. The van der Waals surface area contributed by atoms with Crippen LogP contribution < -0.4 is 0 Å². The van der Waals surface area contributed by atoms with E-state index in [2.05, 4.69) is 11.6 Å². The molecule has 1 saturated heterocycles. The van der Waals surface area contributed by atoms with E-state index in [4.69, 9.17) is 0 Å². The summed E-state index contributed by atoms with van der Waals surface area (Å²) in [5.41, 5.74) is 3.38. The highest BCUT2D eigenvalue weighted by Gasteiger charge is 2.32. The van der Waals surface area contributed by atoms with Gasteiger partial charge in [0.1, 0.15) is 5.82 Å². The lowest BCUT2D eigenvalue weighted by atomic mass is 9.95. The summed E-state index contributed by atoms with van der Waals surface area (Å²) in [5, 5.41) is 0. The summed E-state index contributed by atoms with van der Waals surface area (Å²) in [4.78, 5) is 33.9. The number of aromatic nitrogens is 1. The van der Waals surface area contributed by atoms with E-state index in [0.717, 1.165) is 16.7 Å². The number of halogens is 1. The second-order valence-corrected chi connectivity index (χ2v) is 8.17. The van der Waals surface area contributed by atoms with Gasteiger partial charge in [-0.2, -0.15) is 0 Å². The fourth-order valence-electron chi connectivity index (χ4n) is 4.17. The molecule has 33 heavy (non-hydrogen) atoms. The maximum Gasteiger partial charge on any atom is 0.254 e. The van der Waals surface area contributed by atoms with Crippen LogP contribution in [0, 0.1) is 11.7 Å². The van der Waals surface area contributed by atoms with Crippen LogP contribution >= 0.6 is 0 Å². The van der Waals surface area contributed by atoms with Crippen molar-refractivity contribution in [3.05, 3.63) is 103 Å². The Bertz CT molecular complexity index is 1130. The lowest BCUT2D eigenvalue weighted by Crippen LogP contribution is -2.38. The van der Waals surface area contributed by atoms with Crippen LogP contribution in [0.4, 0.5) is 4.39 Å². The van der Waals surface area contributed by atoms with Crippen molar-refractivity contribution in [3.63, 3.8) is 0 Å². The minimum Gasteiger partial charge on any atom is -0.337 e. The van der Waals surface area contributed by atoms with Gasteiger partial charge in [-0.15, -0.1) is 6.58 Å². The third-order valence-corrected chi connectivity index (χ3v) is 5.88. The van der Waals surface area contributed by atoms with Gasteiger partial charge < -0.3 is 9.80 Å². The van der Waals surface area contributed by atoms with Gasteiger partial charge in [-0.25, -0.2) is 4.39 Å². The zero-order valence-electron chi connectivity index (χ0n) is 18.4. The molecule has 0 N–H and O–H groups in total. The molecule has 2 amide bonds. The second-order valence-electron chi connectivity index (χ2n) is 8.17. The summed E-state index contributed by atoms with van der Waals surface area (Å²) in [7, 11) is 0. The van der Waals surface area contributed by atoms with Crippen LogP contribution in [0.2, 0.25) is 0 Å². The van der Waals surface area contributed by atoms with Gasteiger partial charge in [0.15, 0.2) is 0 Å². The quantitative estimate of drug-likeness (QED) is 0.536. The first kappa shape index (κ1) is 22.4. The number of nitrogens with zero attached hydrogens (tertiary/aromatic N) is 3. The Balaban J connectivity index is 1.55. The Morgan fingerprint density at radius 1 is 1.09 bits per heavy atom. The van der Waals surface area contributed by atoms with E-state index in [1.807, 2.05) is 42.6 Å². The maximum atomic E-state index is 13.7. The topological polar surface area (TPSA) is 53.5 Å². The SMILES string of the molecule is C=CCN1CCN(C(=O)c2cccc(F)c2)C[C@@H](Cc2ccc(-c3cccnc3)cc2)C1=O. The smallest absolute Gasteiger partial charge is 0.254 e. The molecule has 5 nitrogen and oxygen atoms in total. The molecule has 1 aliphatic heterocycles. The molecule has 1 atom stereocenters. The lowest BCUT2D eigenvalue weighted by Gasteiger charge is -2.24. The van der Waals surface area contributed by atoms with Crippen molar-refractivity contribution >= 4 is 11.8 Å². The molecule has 0 saturated carbocycles. The van der Waals surface area contributed by atoms with Gasteiger partial charge in [-0.3, -0.25) is 14.6 Å². The summed E-state index contributed by atoms with van der Waals surface area (Å²) >= 11 is 0. The third kappa shape index (κ3) is 5.34. The van der Waals surface area contributed by atoms with Crippen molar-refractivity contribution < 1.29 is 14.0 Å². The Labute approximate surface area is 193 Å². The van der Waals surface area contributed by atoms with Crippen LogP contribution in [0.25, 0.3) is 11.1 Å². The lowest BCUT2D eigenvalue weighted by molar-refractivity contribution is -0.134. The van der Waals surface area contributed by atoms with Gasteiger partial charge in [0.25, 0.3) is 5.91 Å². The van der Waals surface area contributed by atoms with Crippen molar-refractivity contribution in [1.82, 2.24) is 14.8 Å². The van der Waals surface area contributed by atoms with Gasteiger partial charge in [0.2, 0.25) is 5.91 Å². The van der Waals surface area contributed by atoms with Crippen molar-refractivity contribution in [3.8, 4) is 11.1 Å². The van der Waals surface area contributed by atoms with E-state index in [1.165, 1.54) is 18.2 Å². The number of amides is 2. The van der Waals surface area contributed by atoms with E-state index in [-0.39, 0.29) is 18.4 Å². The number of hydrogen-bond acceptors (Lipinski definition) is 3. The van der Waals surface area contributed by atoms with Crippen LogP contribution in [0.3, 0.4) is 0 Å². The molecule has 2 heterocycles. The predicted octanol–water partition coefficient (Wildman–Crippen LogP) is 4.22. The van der Waals surface area contributed by atoms with E-state index in [1.54, 1.807) is 28.1 Å². The van der Waals surface area contributed by atoms with E-state index in [0.29, 0.717) is 31.6 Å². The molecule has 168 valence electrons. The van der Waals surface area contributed by atoms with Crippen LogP contribution in [0.15, 0.2) is 85.7 Å². The molecular formula is C27H26FN3O2. The van der Waals surface area contributed by atoms with Gasteiger partial charge >= 0.3 is 0 Å². The number of carbonyl (C=O) groups is 2. The molecule has 1 aliphatic rings. The summed E-state index contributed by atoms with van der Waals surface area (Å²) in [5.74, 6) is -1.11. The first-order chi connectivity index (χ1) is 16.0. The highest BCUT2D eigenvalue weighted by molar-refractivity contribution is 5.95. The molecule has 1 fully saturated rings. The molecule has 0 unspecified atom stereocenters. The molecule has 1 aromatic heterocycles. The van der Waals surface area contributed by atoms with Crippen LogP contribution in [0.5, 0.6) is 0 Å². The molecule has 4 rings (SSSR count). The third-order valence-electron chi connectivity index (χ3n) is 5.88.